The number of aromatic hydroxyl groups is 2. The van der Waals surface area contributed by atoms with Crippen molar-refractivity contribution in [2.45, 2.75) is 13.0 Å². The number of benzene rings is 2. The quantitative estimate of drug-likeness (QED) is 0.563. The summed E-state index contributed by atoms with van der Waals surface area (Å²) in [6.45, 7) is 2.24. The number of ether oxygens (including phenoxy) is 2. The summed E-state index contributed by atoms with van der Waals surface area (Å²) >= 11 is 0. The Morgan fingerprint density at radius 3 is 2.63 bits per heavy atom. The van der Waals surface area contributed by atoms with Gasteiger partial charge in [0.25, 0.3) is 0 Å². The molecule has 0 aliphatic carbocycles. The fraction of sp³-hybridized carbons (Fsp3) is 0.211. The molecule has 1 atom stereocenters. The Morgan fingerprint density at radius 2 is 2.00 bits per heavy atom. The number of aromatic nitrogens is 1. The van der Waals surface area contributed by atoms with E-state index < -0.39 is 6.04 Å². The maximum absolute atomic E-state index is 10.7. The highest BCUT2D eigenvalue weighted by Crippen LogP contribution is 2.45. The third-order valence-corrected chi connectivity index (χ3v) is 4.27. The smallest absolute Gasteiger partial charge is 0.205 e. The Kier molecular flexibility index (Phi) is 4.86. The molecule has 2 aromatic carbocycles. The van der Waals surface area contributed by atoms with Crippen LogP contribution in [0.25, 0.3) is 10.8 Å². The van der Waals surface area contributed by atoms with Crippen molar-refractivity contribution in [3.05, 3.63) is 42.0 Å². The minimum Gasteiger partial charge on any atom is -0.494 e. The molecule has 138 valence electrons. The second-order valence-electron chi connectivity index (χ2n) is 5.70. The molecule has 1 unspecified atom stereocenters. The fourth-order valence-corrected chi connectivity index (χ4v) is 3.06. The SMILES string of the molecule is CCOc1cc(C(C#N)n2c(O)c3cccc(N=N)c3c2O)ccc1OC. The molecule has 0 saturated carbocycles. The lowest BCUT2D eigenvalue weighted by atomic mass is 10.1. The summed E-state index contributed by atoms with van der Waals surface area (Å²) in [6, 6.07) is 10.8. The van der Waals surface area contributed by atoms with Gasteiger partial charge in [0, 0.05) is 5.39 Å². The molecule has 0 amide bonds. The molecule has 1 heterocycles. The van der Waals surface area contributed by atoms with Crippen LogP contribution in [0, 0.1) is 16.9 Å². The lowest BCUT2D eigenvalue weighted by Gasteiger charge is -2.16. The van der Waals surface area contributed by atoms with Crippen molar-refractivity contribution in [1.29, 1.82) is 10.8 Å². The summed E-state index contributed by atoms with van der Waals surface area (Å²) in [5.41, 5.74) is 7.96. The van der Waals surface area contributed by atoms with Gasteiger partial charge in [0.05, 0.1) is 30.9 Å². The van der Waals surface area contributed by atoms with Crippen molar-refractivity contribution in [3.8, 4) is 29.3 Å². The Morgan fingerprint density at radius 1 is 1.22 bits per heavy atom. The number of nitriles is 1. The predicted molar refractivity (Wildman–Crippen MR) is 98.0 cm³/mol. The van der Waals surface area contributed by atoms with Crippen LogP contribution in [-0.2, 0) is 0 Å². The van der Waals surface area contributed by atoms with E-state index >= 15 is 0 Å². The van der Waals surface area contributed by atoms with E-state index in [1.807, 2.05) is 6.92 Å². The molecular weight excluding hydrogens is 348 g/mol. The Labute approximate surface area is 155 Å². The summed E-state index contributed by atoms with van der Waals surface area (Å²) in [5, 5.41) is 34.9. The third-order valence-electron chi connectivity index (χ3n) is 4.27. The zero-order chi connectivity index (χ0) is 19.6. The van der Waals surface area contributed by atoms with E-state index in [4.69, 9.17) is 15.0 Å². The second-order valence-corrected chi connectivity index (χ2v) is 5.70. The minimum atomic E-state index is -1.03. The summed E-state index contributed by atoms with van der Waals surface area (Å²) in [7, 11) is 1.52. The Hall–Kier alpha value is -3.73. The van der Waals surface area contributed by atoms with Crippen LogP contribution in [0.1, 0.15) is 18.5 Å². The second kappa shape index (κ2) is 7.25. The van der Waals surface area contributed by atoms with Crippen molar-refractivity contribution < 1.29 is 19.7 Å². The monoisotopic (exact) mass is 366 g/mol. The first-order valence-corrected chi connectivity index (χ1v) is 8.20. The van der Waals surface area contributed by atoms with Gasteiger partial charge in [-0.3, -0.25) is 4.57 Å². The van der Waals surface area contributed by atoms with Crippen molar-refractivity contribution >= 4 is 16.5 Å². The number of methoxy groups -OCH3 is 1. The van der Waals surface area contributed by atoms with Gasteiger partial charge < -0.3 is 19.7 Å². The highest BCUT2D eigenvalue weighted by molar-refractivity contribution is 6.01. The zero-order valence-electron chi connectivity index (χ0n) is 14.8. The van der Waals surface area contributed by atoms with Crippen LogP contribution in [-0.4, -0.2) is 28.5 Å². The van der Waals surface area contributed by atoms with Crippen molar-refractivity contribution in [2.75, 3.05) is 13.7 Å². The lowest BCUT2D eigenvalue weighted by molar-refractivity contribution is 0.310. The zero-order valence-corrected chi connectivity index (χ0v) is 14.8. The van der Waals surface area contributed by atoms with Crippen LogP contribution in [0.5, 0.6) is 23.3 Å². The van der Waals surface area contributed by atoms with E-state index in [0.29, 0.717) is 29.1 Å². The van der Waals surface area contributed by atoms with Gasteiger partial charge in [0.15, 0.2) is 17.5 Å². The molecule has 0 saturated heterocycles. The van der Waals surface area contributed by atoms with Crippen LogP contribution in [0.15, 0.2) is 41.5 Å². The predicted octanol–water partition coefficient (Wildman–Crippen LogP) is 4.24. The number of fused-ring (bicyclic) bond motifs is 1. The van der Waals surface area contributed by atoms with Crippen molar-refractivity contribution in [1.82, 2.24) is 4.57 Å². The summed E-state index contributed by atoms with van der Waals surface area (Å²) in [5.74, 6) is 0.344. The molecule has 0 spiro atoms. The van der Waals surface area contributed by atoms with E-state index in [2.05, 4.69) is 11.2 Å². The molecule has 0 bridgehead atoms. The molecule has 8 heteroatoms. The van der Waals surface area contributed by atoms with E-state index in [-0.39, 0.29) is 22.8 Å². The average Bonchev–Trinajstić information content (AvgIpc) is 2.94. The van der Waals surface area contributed by atoms with Crippen LogP contribution in [0.2, 0.25) is 0 Å². The first-order valence-electron chi connectivity index (χ1n) is 8.20. The molecule has 0 aliphatic heterocycles. The molecule has 0 aliphatic rings. The molecule has 0 radical (unpaired) electrons. The topological polar surface area (TPSA) is 124 Å². The summed E-state index contributed by atoms with van der Waals surface area (Å²) in [4.78, 5) is 0. The van der Waals surface area contributed by atoms with Gasteiger partial charge >= 0.3 is 0 Å². The Bertz CT molecular complexity index is 1050. The van der Waals surface area contributed by atoms with Crippen LogP contribution >= 0.6 is 0 Å². The molecule has 1 aromatic heterocycles. The van der Waals surface area contributed by atoms with E-state index in [1.165, 1.54) is 7.11 Å². The molecule has 0 fully saturated rings. The van der Waals surface area contributed by atoms with Gasteiger partial charge in [-0.15, -0.1) is 0 Å². The average molecular weight is 366 g/mol. The van der Waals surface area contributed by atoms with E-state index in [1.54, 1.807) is 36.4 Å². The highest BCUT2D eigenvalue weighted by atomic mass is 16.5. The number of nitrogens with zero attached hydrogens (tertiary/aromatic N) is 3. The number of hydrogen-bond donors (Lipinski definition) is 3. The van der Waals surface area contributed by atoms with Gasteiger partial charge in [-0.25, -0.2) is 5.53 Å². The minimum absolute atomic E-state index is 0.195. The molecule has 8 nitrogen and oxygen atoms in total. The van der Waals surface area contributed by atoms with Crippen molar-refractivity contribution in [2.24, 2.45) is 5.11 Å². The number of nitrogens with one attached hydrogen (secondary N) is 1. The molecular formula is C19H18N4O4. The van der Waals surface area contributed by atoms with E-state index in [0.717, 1.165) is 4.57 Å². The number of rotatable bonds is 6. The van der Waals surface area contributed by atoms with Crippen molar-refractivity contribution in [3.63, 3.8) is 0 Å². The summed E-state index contributed by atoms with van der Waals surface area (Å²) < 4.78 is 11.9. The largest absolute Gasteiger partial charge is 0.494 e. The van der Waals surface area contributed by atoms with Gasteiger partial charge in [-0.2, -0.15) is 10.4 Å². The molecule has 3 N–H and O–H groups in total. The fourth-order valence-electron chi connectivity index (χ4n) is 3.06. The molecule has 27 heavy (non-hydrogen) atoms. The first-order chi connectivity index (χ1) is 13.1. The van der Waals surface area contributed by atoms with Gasteiger partial charge in [0.1, 0.15) is 0 Å². The van der Waals surface area contributed by atoms with Crippen LogP contribution < -0.4 is 9.47 Å². The maximum Gasteiger partial charge on any atom is 0.205 e. The number of hydrogen-bond acceptors (Lipinski definition) is 7. The maximum atomic E-state index is 10.7. The summed E-state index contributed by atoms with van der Waals surface area (Å²) in [6.07, 6.45) is 0. The van der Waals surface area contributed by atoms with Gasteiger partial charge in [0.2, 0.25) is 11.8 Å². The highest BCUT2D eigenvalue weighted by Gasteiger charge is 2.26. The first kappa shape index (κ1) is 18.1. The van der Waals surface area contributed by atoms with Crippen LogP contribution in [0.3, 0.4) is 0 Å². The standard InChI is InChI=1S/C19H18N4O4/c1-3-27-16-9-11(7-8-15(16)26-2)14(10-20)23-18(24)12-5-4-6-13(22-21)17(12)19(23)25/h4-9,14,21,24-25H,3H2,1-2H3. The van der Waals surface area contributed by atoms with Crippen LogP contribution in [0.4, 0.5) is 5.69 Å². The molecule has 3 rings (SSSR count). The van der Waals surface area contributed by atoms with E-state index in [9.17, 15) is 15.5 Å². The van der Waals surface area contributed by atoms with Gasteiger partial charge in [-0.1, -0.05) is 12.1 Å². The lowest BCUT2D eigenvalue weighted by Crippen LogP contribution is -2.08. The molecule has 3 aromatic rings. The Balaban J connectivity index is 2.22. The van der Waals surface area contributed by atoms with Gasteiger partial charge in [-0.05, 0) is 36.8 Å². The normalized spacial score (nSPS) is 11.7. The third kappa shape index (κ3) is 2.89.